The van der Waals surface area contributed by atoms with E-state index in [9.17, 15) is 24.3 Å². The van der Waals surface area contributed by atoms with E-state index in [0.717, 1.165) is 0 Å². The second-order valence-electron chi connectivity index (χ2n) is 8.41. The number of hydrogen-bond acceptors (Lipinski definition) is 8. The summed E-state index contributed by atoms with van der Waals surface area (Å²) in [5.74, 6) is -1.25. The molecule has 0 aromatic carbocycles. The molecule has 1 heterocycles. The van der Waals surface area contributed by atoms with Crippen molar-refractivity contribution in [2.75, 3.05) is 12.5 Å². The molecule has 0 aliphatic carbocycles. The number of halogens is 2. The number of ketones is 3. The Morgan fingerprint density at radius 1 is 1.10 bits per heavy atom. The van der Waals surface area contributed by atoms with E-state index in [4.69, 9.17) is 25.8 Å². The quantitative estimate of drug-likeness (QED) is 0.152. The topological polar surface area (TPSA) is 116 Å². The molecule has 182 valence electrons. The summed E-state index contributed by atoms with van der Waals surface area (Å²) in [7, 11) is 0. The van der Waals surface area contributed by atoms with Crippen LogP contribution in [0.5, 0.6) is 0 Å². The molecule has 1 N–H and O–H groups in total. The van der Waals surface area contributed by atoms with Gasteiger partial charge in [0.2, 0.25) is 0 Å². The number of carbonyl (C=O) groups excluding carboxylic acids is 4. The summed E-state index contributed by atoms with van der Waals surface area (Å²) >= 11 is 5.22. The summed E-state index contributed by atoms with van der Waals surface area (Å²) < 4.78 is 15.2. The van der Waals surface area contributed by atoms with Gasteiger partial charge in [0.25, 0.3) is 0 Å². The zero-order valence-electron chi connectivity index (χ0n) is 18.3. The standard InChI is InChI=1S/C10H15ClO4.C10H16O4.CH4.HI/c1-10(2,3)15-9(14)5-7(12)4-8(13)6-11;1-10(2,3)14-9(12)5-8-4-7(11)6-13-8;;/h4-6H2,1-3H3;4,9,12H,5-6H2,1-3H3;1H4;1H. The van der Waals surface area contributed by atoms with Gasteiger partial charge in [-0.25, -0.2) is 0 Å². The molecule has 1 aliphatic rings. The van der Waals surface area contributed by atoms with Crippen molar-refractivity contribution in [3.05, 3.63) is 11.8 Å². The van der Waals surface area contributed by atoms with E-state index in [2.05, 4.69) is 0 Å². The van der Waals surface area contributed by atoms with Crippen LogP contribution in [0.15, 0.2) is 11.8 Å². The Kier molecular flexibility index (Phi) is 17.5. The highest BCUT2D eigenvalue weighted by atomic mass is 127. The third kappa shape index (κ3) is 20.6. The zero-order chi connectivity index (χ0) is 22.8. The van der Waals surface area contributed by atoms with Gasteiger partial charge >= 0.3 is 5.97 Å². The maximum atomic E-state index is 11.2. The Labute approximate surface area is 207 Å². The van der Waals surface area contributed by atoms with Gasteiger partial charge in [0.1, 0.15) is 17.8 Å². The molecule has 1 unspecified atom stereocenters. The summed E-state index contributed by atoms with van der Waals surface area (Å²) in [4.78, 5) is 43.9. The predicted octanol–water partition coefficient (Wildman–Crippen LogP) is 3.73. The molecular formula is C21H36ClIO8. The lowest BCUT2D eigenvalue weighted by atomic mass is 10.1. The Bertz CT molecular complexity index is 632. The lowest BCUT2D eigenvalue weighted by Gasteiger charge is -2.23. The number of Topliss-reactive ketones (excluding diaryl/α,β-unsaturated/α-hetero) is 2. The minimum absolute atomic E-state index is 0. The van der Waals surface area contributed by atoms with Gasteiger partial charge in [-0.05, 0) is 41.5 Å². The highest BCUT2D eigenvalue weighted by molar-refractivity contribution is 14.0. The number of carbonyl (C=O) groups is 4. The first-order chi connectivity index (χ1) is 13.1. The van der Waals surface area contributed by atoms with Crippen LogP contribution in [-0.2, 0) is 33.4 Å². The van der Waals surface area contributed by atoms with Gasteiger partial charge < -0.3 is 19.3 Å². The Hall–Kier alpha value is -1.04. The van der Waals surface area contributed by atoms with Crippen LogP contribution in [-0.4, -0.2) is 58.4 Å². The van der Waals surface area contributed by atoms with Crippen LogP contribution in [0.1, 0.15) is 68.2 Å². The van der Waals surface area contributed by atoms with E-state index in [1.807, 2.05) is 20.8 Å². The van der Waals surface area contributed by atoms with Crippen LogP contribution in [0.2, 0.25) is 0 Å². The molecule has 0 fully saturated rings. The van der Waals surface area contributed by atoms with Crippen LogP contribution >= 0.6 is 35.6 Å². The number of alkyl halides is 1. The van der Waals surface area contributed by atoms with Gasteiger partial charge in [0, 0.05) is 6.08 Å². The van der Waals surface area contributed by atoms with Crippen LogP contribution < -0.4 is 0 Å². The minimum Gasteiger partial charge on any atom is -0.489 e. The fourth-order valence-electron chi connectivity index (χ4n) is 2.03. The summed E-state index contributed by atoms with van der Waals surface area (Å²) in [5.41, 5.74) is -1.02. The maximum absolute atomic E-state index is 11.2. The molecule has 0 saturated heterocycles. The lowest BCUT2D eigenvalue weighted by molar-refractivity contribution is -0.167. The van der Waals surface area contributed by atoms with Crippen LogP contribution in [0.4, 0.5) is 0 Å². The fourth-order valence-corrected chi connectivity index (χ4v) is 2.13. The average molecular weight is 579 g/mol. The number of ether oxygens (including phenoxy) is 3. The summed E-state index contributed by atoms with van der Waals surface area (Å²) in [6, 6.07) is 0. The van der Waals surface area contributed by atoms with Gasteiger partial charge in [0.15, 0.2) is 30.2 Å². The summed E-state index contributed by atoms with van der Waals surface area (Å²) in [6.45, 7) is 10.8. The third-order valence-corrected chi connectivity index (χ3v) is 3.19. The molecule has 1 atom stereocenters. The van der Waals surface area contributed by atoms with Crippen molar-refractivity contribution in [1.29, 1.82) is 0 Å². The average Bonchev–Trinajstić information content (AvgIpc) is 2.88. The molecule has 0 aromatic rings. The maximum Gasteiger partial charge on any atom is 0.313 e. The molecule has 0 saturated carbocycles. The summed E-state index contributed by atoms with van der Waals surface area (Å²) in [5, 5.41) is 9.48. The smallest absolute Gasteiger partial charge is 0.313 e. The van der Waals surface area contributed by atoms with Crippen molar-refractivity contribution < 1.29 is 38.5 Å². The van der Waals surface area contributed by atoms with Crippen LogP contribution in [0.3, 0.4) is 0 Å². The first-order valence-electron chi connectivity index (χ1n) is 9.14. The second kappa shape index (κ2) is 15.7. The normalized spacial score (nSPS) is 13.9. The Morgan fingerprint density at radius 2 is 1.65 bits per heavy atom. The number of aliphatic hydroxyl groups is 1. The van der Waals surface area contributed by atoms with E-state index >= 15 is 0 Å². The van der Waals surface area contributed by atoms with Crippen molar-refractivity contribution >= 4 is 58.9 Å². The second-order valence-corrected chi connectivity index (χ2v) is 8.67. The highest BCUT2D eigenvalue weighted by Gasteiger charge is 2.21. The van der Waals surface area contributed by atoms with Gasteiger partial charge in [-0.1, -0.05) is 7.43 Å². The molecule has 0 spiro atoms. The molecule has 0 radical (unpaired) electrons. The zero-order valence-corrected chi connectivity index (χ0v) is 21.4. The van der Waals surface area contributed by atoms with Crippen molar-refractivity contribution in [2.24, 2.45) is 0 Å². The number of esters is 1. The van der Waals surface area contributed by atoms with Crippen molar-refractivity contribution in [1.82, 2.24) is 0 Å². The van der Waals surface area contributed by atoms with Crippen LogP contribution in [0, 0.1) is 0 Å². The first-order valence-corrected chi connectivity index (χ1v) is 9.68. The monoisotopic (exact) mass is 578 g/mol. The Balaban J connectivity index is -0.000000476. The molecule has 0 bridgehead atoms. The minimum atomic E-state index is -0.924. The molecule has 10 heteroatoms. The van der Waals surface area contributed by atoms with E-state index in [0.29, 0.717) is 5.76 Å². The van der Waals surface area contributed by atoms with Gasteiger partial charge in [0.05, 0.1) is 24.3 Å². The van der Waals surface area contributed by atoms with Crippen LogP contribution in [0.25, 0.3) is 0 Å². The van der Waals surface area contributed by atoms with E-state index in [-0.39, 0.29) is 74.7 Å². The molecular weight excluding hydrogens is 543 g/mol. The first kappa shape index (κ1) is 34.6. The molecule has 0 aromatic heterocycles. The fraction of sp³-hybridized carbons (Fsp3) is 0.714. The van der Waals surface area contributed by atoms with Crippen molar-refractivity contribution in [3.8, 4) is 0 Å². The predicted molar refractivity (Wildman–Crippen MR) is 128 cm³/mol. The third-order valence-electron chi connectivity index (χ3n) is 2.89. The van der Waals surface area contributed by atoms with Crippen molar-refractivity contribution in [2.45, 2.75) is 85.7 Å². The molecule has 31 heavy (non-hydrogen) atoms. The largest absolute Gasteiger partial charge is 0.489 e. The summed E-state index contributed by atoms with van der Waals surface area (Å²) in [6.07, 6.45) is 0.0214. The van der Waals surface area contributed by atoms with E-state index in [1.54, 1.807) is 20.8 Å². The lowest BCUT2D eigenvalue weighted by Crippen LogP contribution is -2.27. The highest BCUT2D eigenvalue weighted by Crippen LogP contribution is 2.18. The van der Waals surface area contributed by atoms with E-state index in [1.165, 1.54) is 6.08 Å². The number of hydrogen-bond donors (Lipinski definition) is 1. The molecule has 1 aliphatic heterocycles. The van der Waals surface area contributed by atoms with Crippen molar-refractivity contribution in [3.63, 3.8) is 0 Å². The SMILES string of the molecule is C.CC(C)(C)OC(=O)CC(=O)CC(=O)CCl.CC(C)(C)OC(O)CC1=CC(=O)CO1.I. The van der Waals surface area contributed by atoms with Gasteiger partial charge in [-0.3, -0.25) is 19.2 Å². The molecule has 8 nitrogen and oxygen atoms in total. The molecule has 1 rings (SSSR count). The number of aliphatic hydroxyl groups excluding tert-OH is 1. The Morgan fingerprint density at radius 3 is 2.03 bits per heavy atom. The van der Waals surface area contributed by atoms with E-state index < -0.39 is 29.2 Å². The van der Waals surface area contributed by atoms with Gasteiger partial charge in [-0.15, -0.1) is 35.6 Å². The number of rotatable bonds is 8. The molecule has 0 amide bonds. The van der Waals surface area contributed by atoms with Gasteiger partial charge in [-0.2, -0.15) is 0 Å².